The fourth-order valence-electron chi connectivity index (χ4n) is 5.31. The topological polar surface area (TPSA) is 240 Å². The molecule has 3 unspecified atom stereocenters. The molecule has 3 atom stereocenters. The van der Waals surface area contributed by atoms with Crippen LogP contribution in [0.3, 0.4) is 0 Å². The summed E-state index contributed by atoms with van der Waals surface area (Å²) in [6.07, 6.45) is 10.9. The zero-order valence-electron chi connectivity index (χ0n) is 26.4. The summed E-state index contributed by atoms with van der Waals surface area (Å²) in [5.74, 6) is 3.09. The first-order valence-corrected chi connectivity index (χ1v) is 15.5. The normalized spacial score (nSPS) is 20.6. The van der Waals surface area contributed by atoms with Crippen molar-refractivity contribution in [3.63, 3.8) is 0 Å². The largest absolute Gasteiger partial charge is 0.370 e. The minimum Gasteiger partial charge on any atom is -0.370 e. The average molecular weight is 643 g/mol. The number of aliphatic imine (C=N–C) groups is 6. The van der Waals surface area contributed by atoms with Gasteiger partial charge in [0.1, 0.15) is 12.3 Å². The molecule has 3 aromatic rings. The van der Waals surface area contributed by atoms with Gasteiger partial charge in [0.25, 0.3) is 0 Å². The number of rotatable bonds is 11. The van der Waals surface area contributed by atoms with Gasteiger partial charge in [-0.05, 0) is 41.8 Å². The van der Waals surface area contributed by atoms with E-state index in [9.17, 15) is 0 Å². The maximum atomic E-state index is 6.38. The van der Waals surface area contributed by atoms with Crippen molar-refractivity contribution in [3.8, 4) is 0 Å². The molecule has 0 aliphatic carbocycles. The van der Waals surface area contributed by atoms with E-state index >= 15 is 0 Å². The molecular formula is C29H42N18. The van der Waals surface area contributed by atoms with E-state index in [0.717, 1.165) is 16.7 Å². The summed E-state index contributed by atoms with van der Waals surface area (Å²) in [6, 6.07) is 6.05. The van der Waals surface area contributed by atoms with Crippen molar-refractivity contribution in [2.75, 3.05) is 20.1 Å². The van der Waals surface area contributed by atoms with Crippen LogP contribution < -0.4 is 38.1 Å². The van der Waals surface area contributed by atoms with Crippen molar-refractivity contribution < 1.29 is 0 Å². The van der Waals surface area contributed by atoms with Gasteiger partial charge in [0, 0.05) is 76.8 Å². The maximum Gasteiger partial charge on any atom is 0.203 e. The first kappa shape index (κ1) is 31.1. The van der Waals surface area contributed by atoms with E-state index in [1.54, 1.807) is 0 Å². The van der Waals surface area contributed by atoms with Gasteiger partial charge in [-0.3, -0.25) is 16.0 Å². The van der Waals surface area contributed by atoms with E-state index < -0.39 is 6.17 Å². The summed E-state index contributed by atoms with van der Waals surface area (Å²) in [4.78, 5) is 41.8. The lowest BCUT2D eigenvalue weighted by Crippen LogP contribution is -2.54. The number of hydrogen-bond acceptors (Lipinski definition) is 15. The summed E-state index contributed by atoms with van der Waals surface area (Å²) in [7, 11) is 1.82. The first-order valence-electron chi connectivity index (χ1n) is 15.5. The molecule has 6 heterocycles. The molecule has 12 N–H and O–H groups in total. The Hall–Kier alpha value is -5.94. The number of H-pyrrole nitrogens is 3. The molecule has 0 radical (unpaired) electrons. The van der Waals surface area contributed by atoms with Gasteiger partial charge < -0.3 is 46.9 Å². The fourth-order valence-corrected chi connectivity index (χ4v) is 5.31. The number of guanidine groups is 6. The molecule has 0 amide bonds. The van der Waals surface area contributed by atoms with Crippen LogP contribution in [0, 0.1) is 0 Å². The van der Waals surface area contributed by atoms with Crippen molar-refractivity contribution in [1.29, 1.82) is 0 Å². The molecule has 0 fully saturated rings. The summed E-state index contributed by atoms with van der Waals surface area (Å²) in [6.45, 7) is 4.66. The molecule has 47 heavy (non-hydrogen) atoms. The Balaban J connectivity index is 1.19. The van der Waals surface area contributed by atoms with Crippen LogP contribution in [0.25, 0.3) is 0 Å². The zero-order chi connectivity index (χ0) is 32.6. The number of aromatic amines is 3. The molecule has 0 saturated carbocycles. The minimum absolute atomic E-state index is 0.251. The van der Waals surface area contributed by atoms with Gasteiger partial charge in [-0.15, -0.1) is 0 Å². The highest BCUT2D eigenvalue weighted by atomic mass is 15.4. The quantitative estimate of drug-likeness (QED) is 0.126. The minimum atomic E-state index is -0.509. The van der Waals surface area contributed by atoms with E-state index in [2.05, 4.69) is 66.3 Å². The third kappa shape index (κ3) is 8.41. The number of hydrogen-bond donors (Lipinski definition) is 10. The number of nitrogens with two attached hydrogens (primary N) is 2. The maximum absolute atomic E-state index is 6.38. The third-order valence-corrected chi connectivity index (χ3v) is 7.54. The molecule has 0 bridgehead atoms. The SMILES string of the molecule is CNC1=NC(C)N=C(N(Cc2cc[nH]c2)CC2N=C(N)NC(N(CCC3N=C(N)NC(NCc4cc[nH]c4)=N3)Cc3cc[nH]c3)=N2)N1. The lowest BCUT2D eigenvalue weighted by Gasteiger charge is -2.33. The molecule has 6 rings (SSSR count). The lowest BCUT2D eigenvalue weighted by molar-refractivity contribution is 0.351. The lowest BCUT2D eigenvalue weighted by atomic mass is 10.2. The standard InChI is InChI=1S/C29H42N18/c1-18-37-26(32-2)45-28(38-18)47(16-21-5-9-35-13-21)17-23-40-25(31)44-29(42-23)46(15-20-4-8-34-12-20)10-6-22-39-24(30)43-27(41-22)36-14-19-3-7-33-11-19/h3-5,7-9,11-13,18,22-23,33-35H,6,10,14-17H2,1-2H3,(H3,31,40,42,44)(H2,32,37,38,45)(H4,30,36,39,41,43). The van der Waals surface area contributed by atoms with Crippen LogP contribution in [0.2, 0.25) is 0 Å². The molecule has 3 aliphatic rings. The predicted octanol–water partition coefficient (Wildman–Crippen LogP) is -0.764. The van der Waals surface area contributed by atoms with E-state index in [-0.39, 0.29) is 18.3 Å². The van der Waals surface area contributed by atoms with Gasteiger partial charge in [0.05, 0.1) is 6.54 Å². The Morgan fingerprint density at radius 3 is 2.02 bits per heavy atom. The van der Waals surface area contributed by atoms with Crippen LogP contribution in [-0.4, -0.2) is 99.1 Å². The Morgan fingerprint density at radius 2 is 1.34 bits per heavy atom. The van der Waals surface area contributed by atoms with Crippen molar-refractivity contribution in [2.24, 2.45) is 41.4 Å². The number of nitrogens with one attached hydrogen (secondary N) is 8. The average Bonchev–Trinajstić information content (AvgIpc) is 3.86. The Bertz CT molecular complexity index is 1630. The molecule has 18 nitrogen and oxygen atoms in total. The molecule has 0 aromatic carbocycles. The smallest absolute Gasteiger partial charge is 0.203 e. The Labute approximate surface area is 272 Å². The van der Waals surface area contributed by atoms with Crippen molar-refractivity contribution in [2.45, 2.75) is 51.5 Å². The predicted molar refractivity (Wildman–Crippen MR) is 183 cm³/mol. The van der Waals surface area contributed by atoms with Crippen molar-refractivity contribution in [1.82, 2.24) is 51.3 Å². The Morgan fingerprint density at radius 1 is 0.702 bits per heavy atom. The van der Waals surface area contributed by atoms with E-state index in [0.29, 0.717) is 68.9 Å². The molecule has 0 saturated heterocycles. The second kappa shape index (κ2) is 14.4. The van der Waals surface area contributed by atoms with Crippen LogP contribution in [0.5, 0.6) is 0 Å². The molecular weight excluding hydrogens is 600 g/mol. The molecule has 18 heteroatoms. The summed E-state index contributed by atoms with van der Waals surface area (Å²) in [5, 5.41) is 15.9. The van der Waals surface area contributed by atoms with Crippen LogP contribution in [0.1, 0.15) is 30.0 Å². The van der Waals surface area contributed by atoms with E-state index in [1.807, 2.05) is 69.4 Å². The van der Waals surface area contributed by atoms with Crippen molar-refractivity contribution in [3.05, 3.63) is 72.1 Å². The van der Waals surface area contributed by atoms with Crippen LogP contribution in [0.4, 0.5) is 0 Å². The van der Waals surface area contributed by atoms with Gasteiger partial charge in [0.2, 0.25) is 17.9 Å². The highest BCUT2D eigenvalue weighted by Gasteiger charge is 2.27. The van der Waals surface area contributed by atoms with Gasteiger partial charge in [-0.25, -0.2) is 30.0 Å². The highest BCUT2D eigenvalue weighted by Crippen LogP contribution is 2.15. The first-order chi connectivity index (χ1) is 22.9. The molecule has 3 aromatic heterocycles. The van der Waals surface area contributed by atoms with Crippen LogP contribution in [-0.2, 0) is 19.6 Å². The monoisotopic (exact) mass is 642 g/mol. The van der Waals surface area contributed by atoms with Crippen molar-refractivity contribution >= 4 is 35.8 Å². The molecule has 248 valence electrons. The van der Waals surface area contributed by atoms with E-state index in [4.69, 9.17) is 26.4 Å². The summed E-state index contributed by atoms with van der Waals surface area (Å²) < 4.78 is 0. The number of aromatic nitrogens is 3. The van der Waals surface area contributed by atoms with Gasteiger partial charge in [-0.1, -0.05) is 0 Å². The highest BCUT2D eigenvalue weighted by molar-refractivity contribution is 6.01. The van der Waals surface area contributed by atoms with Gasteiger partial charge in [0.15, 0.2) is 24.0 Å². The summed E-state index contributed by atoms with van der Waals surface area (Å²) in [5.41, 5.74) is 15.8. The molecule has 3 aliphatic heterocycles. The van der Waals surface area contributed by atoms with Crippen LogP contribution >= 0.6 is 0 Å². The van der Waals surface area contributed by atoms with Gasteiger partial charge >= 0.3 is 0 Å². The Kier molecular flexibility index (Phi) is 9.54. The third-order valence-electron chi connectivity index (χ3n) is 7.54. The fraction of sp³-hybridized carbons (Fsp3) is 0.379. The summed E-state index contributed by atoms with van der Waals surface area (Å²) >= 11 is 0. The molecule has 0 spiro atoms. The second-order valence-corrected chi connectivity index (χ2v) is 11.2. The van der Waals surface area contributed by atoms with Crippen LogP contribution in [0.15, 0.2) is 85.3 Å². The van der Waals surface area contributed by atoms with E-state index in [1.165, 1.54) is 0 Å². The zero-order valence-corrected chi connectivity index (χ0v) is 26.4. The second-order valence-electron chi connectivity index (χ2n) is 11.2. The number of nitrogens with zero attached hydrogens (tertiary/aromatic N) is 8. The van der Waals surface area contributed by atoms with Gasteiger partial charge in [-0.2, -0.15) is 0 Å².